The van der Waals surface area contributed by atoms with Crippen LogP contribution in [0.4, 0.5) is 10.5 Å². The zero-order valence-corrected chi connectivity index (χ0v) is 20.0. The maximum Gasteiger partial charge on any atom is 0.414 e. The van der Waals surface area contributed by atoms with Crippen molar-refractivity contribution in [1.82, 2.24) is 15.5 Å². The molecular weight excluding hydrogens is 424 g/mol. The highest BCUT2D eigenvalue weighted by atomic mass is 16.6. The van der Waals surface area contributed by atoms with Gasteiger partial charge in [0.25, 0.3) is 5.89 Å². The van der Waals surface area contributed by atoms with Gasteiger partial charge in [-0.2, -0.15) is 0 Å². The largest absolute Gasteiger partial charge is 0.449 e. The maximum absolute atomic E-state index is 14.0. The van der Waals surface area contributed by atoms with E-state index in [0.717, 1.165) is 5.56 Å². The van der Waals surface area contributed by atoms with Crippen LogP contribution in [0.25, 0.3) is 0 Å². The number of carbonyl (C=O) groups is 3. The molecule has 2 heterocycles. The van der Waals surface area contributed by atoms with Gasteiger partial charge >= 0.3 is 6.09 Å². The fourth-order valence-electron chi connectivity index (χ4n) is 4.25. The Kier molecular flexibility index (Phi) is 6.90. The molecule has 0 spiro atoms. The van der Waals surface area contributed by atoms with Crippen LogP contribution in [0.1, 0.15) is 70.1 Å². The van der Waals surface area contributed by atoms with Crippen molar-refractivity contribution in [3.8, 4) is 0 Å². The van der Waals surface area contributed by atoms with Crippen LogP contribution < -0.4 is 10.2 Å². The maximum atomic E-state index is 14.0. The molecule has 2 aromatic rings. The fraction of sp³-hybridized carbons (Fsp3) is 0.542. The predicted octanol–water partition coefficient (Wildman–Crippen LogP) is 3.67. The minimum Gasteiger partial charge on any atom is -0.449 e. The van der Waals surface area contributed by atoms with Gasteiger partial charge in [0.15, 0.2) is 0 Å². The Bertz CT molecular complexity index is 1030. The van der Waals surface area contributed by atoms with Crippen molar-refractivity contribution >= 4 is 24.0 Å². The van der Waals surface area contributed by atoms with E-state index < -0.39 is 34.8 Å². The number of aromatic nitrogens is 2. The number of ether oxygens (including phenoxy) is 1. The molecule has 9 heteroatoms. The number of nitrogens with zero attached hydrogens (tertiary/aromatic N) is 3. The highest BCUT2D eigenvalue weighted by molar-refractivity contribution is 6.04. The third-order valence-electron chi connectivity index (χ3n) is 5.97. The Morgan fingerprint density at radius 2 is 1.97 bits per heavy atom. The van der Waals surface area contributed by atoms with Crippen LogP contribution in [-0.4, -0.2) is 46.7 Å². The number of carbonyl (C=O) groups excluding carboxylic acids is 3. The minimum atomic E-state index is -1.52. The lowest BCUT2D eigenvalue weighted by Crippen LogP contribution is -2.68. The van der Waals surface area contributed by atoms with Gasteiger partial charge < -0.3 is 14.5 Å². The van der Waals surface area contributed by atoms with Gasteiger partial charge in [0.1, 0.15) is 5.54 Å². The first-order valence-electron chi connectivity index (χ1n) is 11.2. The second-order valence-electron chi connectivity index (χ2n) is 9.61. The summed E-state index contributed by atoms with van der Waals surface area (Å²) in [4.78, 5) is 40.4. The zero-order chi connectivity index (χ0) is 24.4. The topological polar surface area (TPSA) is 115 Å². The van der Waals surface area contributed by atoms with Gasteiger partial charge in [-0.15, -0.1) is 10.2 Å². The lowest BCUT2D eigenvalue weighted by Gasteiger charge is -2.43. The van der Waals surface area contributed by atoms with Gasteiger partial charge in [-0.3, -0.25) is 14.5 Å². The zero-order valence-electron chi connectivity index (χ0n) is 20.0. The van der Waals surface area contributed by atoms with Gasteiger partial charge in [0, 0.05) is 5.41 Å². The third kappa shape index (κ3) is 4.36. The molecule has 0 saturated carbocycles. The first-order valence-corrected chi connectivity index (χ1v) is 11.2. The van der Waals surface area contributed by atoms with E-state index in [2.05, 4.69) is 15.5 Å². The van der Waals surface area contributed by atoms with E-state index >= 15 is 0 Å². The Labute approximate surface area is 193 Å². The molecule has 1 aromatic carbocycles. The van der Waals surface area contributed by atoms with Crippen molar-refractivity contribution in [3.05, 3.63) is 41.6 Å². The summed E-state index contributed by atoms with van der Waals surface area (Å²) in [6.45, 7) is 11.5. The molecule has 3 rings (SSSR count). The van der Waals surface area contributed by atoms with E-state index in [1.165, 1.54) is 4.90 Å². The summed E-state index contributed by atoms with van der Waals surface area (Å²) in [5, 5.41) is 10.8. The Morgan fingerprint density at radius 3 is 2.55 bits per heavy atom. The van der Waals surface area contributed by atoms with E-state index in [9.17, 15) is 14.4 Å². The first-order chi connectivity index (χ1) is 15.6. The van der Waals surface area contributed by atoms with Crippen LogP contribution in [0.3, 0.4) is 0 Å². The van der Waals surface area contributed by atoms with Gasteiger partial charge in [0.2, 0.25) is 18.1 Å². The van der Waals surface area contributed by atoms with Crippen molar-refractivity contribution in [2.75, 3.05) is 11.5 Å². The number of anilines is 1. The van der Waals surface area contributed by atoms with Crippen LogP contribution in [0.15, 0.2) is 28.7 Å². The van der Waals surface area contributed by atoms with E-state index in [1.807, 2.05) is 65.8 Å². The molecule has 9 nitrogen and oxygen atoms in total. The van der Waals surface area contributed by atoms with E-state index in [-0.39, 0.29) is 12.5 Å². The monoisotopic (exact) mass is 456 g/mol. The summed E-state index contributed by atoms with van der Waals surface area (Å²) in [7, 11) is 0. The van der Waals surface area contributed by atoms with E-state index in [4.69, 9.17) is 9.15 Å². The number of ketones is 1. The number of amides is 2. The molecule has 1 aromatic heterocycles. The Balaban J connectivity index is 2.14. The second-order valence-corrected chi connectivity index (χ2v) is 9.61. The number of rotatable bonds is 8. The van der Waals surface area contributed by atoms with Crippen LogP contribution in [0, 0.1) is 5.92 Å². The Morgan fingerprint density at radius 1 is 1.27 bits per heavy atom. The molecule has 1 aliphatic heterocycles. The van der Waals surface area contributed by atoms with Crippen molar-refractivity contribution in [3.63, 3.8) is 0 Å². The van der Waals surface area contributed by atoms with Crippen LogP contribution in [0.2, 0.25) is 0 Å². The summed E-state index contributed by atoms with van der Waals surface area (Å²) in [5.74, 6) is -0.857. The molecule has 0 fully saturated rings. The summed E-state index contributed by atoms with van der Waals surface area (Å²) in [6, 6.07) is 6.65. The number of hydrogen-bond donors (Lipinski definition) is 1. The van der Waals surface area contributed by atoms with Crippen molar-refractivity contribution in [2.24, 2.45) is 5.92 Å². The molecule has 33 heavy (non-hydrogen) atoms. The molecule has 2 amide bonds. The number of para-hydroxylation sites is 1. The number of Topliss-reactive ketones (excluding diaryl/α,β-unsaturated/α-hetero) is 1. The molecule has 0 radical (unpaired) electrons. The van der Waals surface area contributed by atoms with Crippen molar-refractivity contribution in [2.45, 2.75) is 71.4 Å². The lowest BCUT2D eigenvalue weighted by molar-refractivity contribution is -0.111. The summed E-state index contributed by atoms with van der Waals surface area (Å²) in [5.41, 5.74) is -0.449. The van der Waals surface area contributed by atoms with Crippen LogP contribution in [0.5, 0.6) is 0 Å². The summed E-state index contributed by atoms with van der Waals surface area (Å²) in [6.07, 6.45) is 0.919. The minimum absolute atomic E-state index is 0.208. The summed E-state index contributed by atoms with van der Waals surface area (Å²) < 4.78 is 11.2. The first kappa shape index (κ1) is 24.4. The van der Waals surface area contributed by atoms with Gasteiger partial charge in [-0.1, -0.05) is 59.7 Å². The number of nitrogens with one attached hydrogen (secondary N) is 1. The molecule has 2 atom stereocenters. The molecule has 0 aliphatic carbocycles. The van der Waals surface area contributed by atoms with Gasteiger partial charge in [0.05, 0.1) is 18.3 Å². The molecular formula is C24H32N4O5. The van der Waals surface area contributed by atoms with E-state index in [0.29, 0.717) is 30.8 Å². The molecule has 0 bridgehead atoms. The number of benzene rings is 1. The highest BCUT2D eigenvalue weighted by Gasteiger charge is 2.56. The molecule has 1 aliphatic rings. The van der Waals surface area contributed by atoms with Gasteiger partial charge in [-0.05, 0) is 30.4 Å². The average molecular weight is 457 g/mol. The SMILES string of the molecule is CCCOC(=O)N1c2ccccc2C[C@H]1[C@](NC=O)(C(=O)c1nnc(C(C)(C)C)o1)C(C)C. The Hall–Kier alpha value is -3.23. The molecule has 1 N–H and O–H groups in total. The molecule has 0 unspecified atom stereocenters. The molecule has 0 saturated heterocycles. The smallest absolute Gasteiger partial charge is 0.414 e. The lowest BCUT2D eigenvalue weighted by atomic mass is 9.74. The van der Waals surface area contributed by atoms with Gasteiger partial charge in [-0.25, -0.2) is 4.79 Å². The normalized spacial score (nSPS) is 17.4. The quantitative estimate of drug-likeness (QED) is 0.476. The highest BCUT2D eigenvalue weighted by Crippen LogP contribution is 2.41. The average Bonchev–Trinajstić information content (AvgIpc) is 3.40. The van der Waals surface area contributed by atoms with Crippen molar-refractivity contribution < 1.29 is 23.5 Å². The van der Waals surface area contributed by atoms with Crippen LogP contribution in [-0.2, 0) is 21.4 Å². The number of hydrogen-bond acceptors (Lipinski definition) is 7. The molecule has 178 valence electrons. The predicted molar refractivity (Wildman–Crippen MR) is 122 cm³/mol. The fourth-order valence-corrected chi connectivity index (χ4v) is 4.25. The standard InChI is InChI=1S/C24H32N4O5/c1-7-12-32-22(31)28-17-11-9-8-10-16(17)13-18(28)24(15(2)3,25-14-29)19(30)20-26-27-21(33-20)23(4,5)6/h8-11,14-15,18H,7,12-13H2,1-6H3,(H,25,29)/t18-,24-/m0/s1. The third-order valence-corrected chi connectivity index (χ3v) is 5.97. The van der Waals surface area contributed by atoms with Crippen LogP contribution >= 0.6 is 0 Å². The van der Waals surface area contributed by atoms with E-state index in [1.54, 1.807) is 0 Å². The number of fused-ring (bicyclic) bond motifs is 1. The second kappa shape index (κ2) is 9.33. The summed E-state index contributed by atoms with van der Waals surface area (Å²) >= 11 is 0. The van der Waals surface area contributed by atoms with Crippen molar-refractivity contribution in [1.29, 1.82) is 0 Å².